The summed E-state index contributed by atoms with van der Waals surface area (Å²) in [6, 6.07) is 21.2. The number of nitrogens with one attached hydrogen (secondary N) is 1. The summed E-state index contributed by atoms with van der Waals surface area (Å²) in [5.41, 5.74) is 1.52. The Kier molecular flexibility index (Phi) is 8.05. The van der Waals surface area contributed by atoms with Crippen LogP contribution in [0.4, 0.5) is 5.69 Å². The highest BCUT2D eigenvalue weighted by atomic mass is 32.2. The van der Waals surface area contributed by atoms with Gasteiger partial charge in [0.1, 0.15) is 17.5 Å². The number of aromatic nitrogens is 1. The lowest BCUT2D eigenvalue weighted by Gasteiger charge is -2.34. The van der Waals surface area contributed by atoms with Crippen LogP contribution >= 0.6 is 24.0 Å². The zero-order chi connectivity index (χ0) is 31.1. The van der Waals surface area contributed by atoms with Gasteiger partial charge in [-0.1, -0.05) is 54.3 Å². The van der Waals surface area contributed by atoms with Gasteiger partial charge in [-0.25, -0.2) is 16.8 Å². The molecule has 1 aromatic heterocycles. The van der Waals surface area contributed by atoms with Crippen molar-refractivity contribution >= 4 is 53.8 Å². The number of anilines is 1. The second-order valence-electron chi connectivity index (χ2n) is 10.3. The fourth-order valence-corrected chi connectivity index (χ4v) is 8.02. The number of benzene rings is 3. The van der Waals surface area contributed by atoms with Crippen molar-refractivity contribution in [2.24, 2.45) is 0 Å². The SMILES string of the molecule is CS(=O)(=O)c1cccc(-c2ccc(CN3C(=S)SCC3(O)c3ccc(NS(=O)(=O)c4ccc5c(c4)OCCO5)cc3)cn2)c1. The maximum absolute atomic E-state index is 13.0. The average Bonchev–Trinajstić information content (AvgIpc) is 3.30. The summed E-state index contributed by atoms with van der Waals surface area (Å²) in [6.45, 7) is 1.03. The van der Waals surface area contributed by atoms with Gasteiger partial charge in [-0.2, -0.15) is 0 Å². The standard InChI is InChI=1S/C30H27N3O7S4/c1-43(35,36)24-4-2-3-21(15-24)26-11-5-20(17-31-26)18-33-29(41)42-19-30(33,34)22-6-8-23(9-7-22)32-44(37,38)25-10-12-27-28(16-25)40-14-13-39-27/h2-12,15-17,32,34H,13-14,18-19H2,1H3. The highest BCUT2D eigenvalue weighted by Crippen LogP contribution is 2.41. The Balaban J connectivity index is 1.18. The summed E-state index contributed by atoms with van der Waals surface area (Å²) in [6.07, 6.45) is 2.83. The number of ether oxygens (including phenoxy) is 2. The molecule has 0 radical (unpaired) electrons. The molecule has 1 saturated heterocycles. The molecule has 44 heavy (non-hydrogen) atoms. The Morgan fingerprint density at radius 2 is 1.70 bits per heavy atom. The first-order chi connectivity index (χ1) is 20.9. The normalized spacial score (nSPS) is 18.3. The smallest absolute Gasteiger partial charge is 0.262 e. The van der Waals surface area contributed by atoms with Gasteiger partial charge in [-0.15, -0.1) is 0 Å². The van der Waals surface area contributed by atoms with Crippen LogP contribution in [0.3, 0.4) is 0 Å². The van der Waals surface area contributed by atoms with Crippen LogP contribution in [0.25, 0.3) is 11.3 Å². The minimum Gasteiger partial charge on any atom is -0.486 e. The molecule has 2 N–H and O–H groups in total. The number of sulfone groups is 1. The largest absolute Gasteiger partial charge is 0.486 e. The molecule has 14 heteroatoms. The van der Waals surface area contributed by atoms with Gasteiger partial charge >= 0.3 is 0 Å². The number of aliphatic hydroxyl groups is 1. The van der Waals surface area contributed by atoms with E-state index < -0.39 is 25.6 Å². The maximum Gasteiger partial charge on any atom is 0.262 e. The predicted octanol–water partition coefficient (Wildman–Crippen LogP) is 4.40. The fraction of sp³-hybridized carbons (Fsp3) is 0.200. The Hall–Kier alpha value is -3.69. The van der Waals surface area contributed by atoms with Crippen LogP contribution in [0.5, 0.6) is 11.5 Å². The van der Waals surface area contributed by atoms with E-state index in [0.717, 1.165) is 11.8 Å². The molecule has 6 rings (SSSR count). The van der Waals surface area contributed by atoms with Crippen LogP contribution in [-0.2, 0) is 32.1 Å². The van der Waals surface area contributed by atoms with E-state index in [0.29, 0.717) is 51.5 Å². The van der Waals surface area contributed by atoms with E-state index in [-0.39, 0.29) is 22.1 Å². The summed E-state index contributed by atoms with van der Waals surface area (Å²) < 4.78 is 64.1. The number of nitrogens with zero attached hydrogens (tertiary/aromatic N) is 2. The van der Waals surface area contributed by atoms with Crippen molar-refractivity contribution in [3.63, 3.8) is 0 Å². The van der Waals surface area contributed by atoms with Crippen molar-refractivity contribution in [1.82, 2.24) is 9.88 Å². The molecular formula is C30H27N3O7S4. The first-order valence-electron chi connectivity index (χ1n) is 13.4. The van der Waals surface area contributed by atoms with Gasteiger partial charge in [0.05, 0.1) is 21.2 Å². The second-order valence-corrected chi connectivity index (χ2v) is 15.6. The summed E-state index contributed by atoms with van der Waals surface area (Å²) >= 11 is 6.92. The Morgan fingerprint density at radius 3 is 2.41 bits per heavy atom. The van der Waals surface area contributed by atoms with Crippen LogP contribution in [0.2, 0.25) is 0 Å². The third-order valence-corrected chi connectivity index (χ3v) is 11.3. The molecule has 228 valence electrons. The number of fused-ring (bicyclic) bond motifs is 1. The predicted molar refractivity (Wildman–Crippen MR) is 172 cm³/mol. The highest BCUT2D eigenvalue weighted by molar-refractivity contribution is 8.23. The molecule has 0 spiro atoms. The number of thiocarbonyl (C=S) groups is 1. The number of sulfonamides is 1. The van der Waals surface area contributed by atoms with Gasteiger partial charge in [-0.3, -0.25) is 9.71 Å². The molecule has 10 nitrogen and oxygen atoms in total. The Bertz CT molecular complexity index is 1950. The molecule has 3 heterocycles. The molecule has 3 aromatic carbocycles. The van der Waals surface area contributed by atoms with E-state index in [1.54, 1.807) is 71.8 Å². The third-order valence-electron chi connectivity index (χ3n) is 7.21. The van der Waals surface area contributed by atoms with Gasteiger partial charge in [0.2, 0.25) is 0 Å². The Labute approximate surface area is 265 Å². The molecule has 4 aromatic rings. The first-order valence-corrected chi connectivity index (χ1v) is 18.1. The second kappa shape index (κ2) is 11.7. The van der Waals surface area contributed by atoms with Crippen LogP contribution in [0.1, 0.15) is 11.1 Å². The topological polar surface area (TPSA) is 135 Å². The summed E-state index contributed by atoms with van der Waals surface area (Å²) in [5.74, 6) is 1.16. The van der Waals surface area contributed by atoms with Crippen molar-refractivity contribution < 1.29 is 31.4 Å². The summed E-state index contributed by atoms with van der Waals surface area (Å²) in [7, 11) is -7.26. The van der Waals surface area contributed by atoms with Crippen molar-refractivity contribution in [2.45, 2.75) is 22.1 Å². The molecular weight excluding hydrogens is 643 g/mol. The van der Waals surface area contributed by atoms with E-state index in [1.165, 1.54) is 23.9 Å². The number of pyridine rings is 1. The van der Waals surface area contributed by atoms with Crippen LogP contribution in [0, 0.1) is 0 Å². The maximum atomic E-state index is 13.0. The highest BCUT2D eigenvalue weighted by Gasteiger charge is 2.44. The van der Waals surface area contributed by atoms with E-state index in [4.69, 9.17) is 21.7 Å². The summed E-state index contributed by atoms with van der Waals surface area (Å²) in [5, 5.41) is 11.8. The molecule has 2 aliphatic rings. The van der Waals surface area contributed by atoms with Crippen molar-refractivity contribution in [3.05, 3.63) is 96.2 Å². The molecule has 0 aliphatic carbocycles. The van der Waals surface area contributed by atoms with Gasteiger partial charge < -0.3 is 19.5 Å². The van der Waals surface area contributed by atoms with E-state index in [2.05, 4.69) is 9.71 Å². The van der Waals surface area contributed by atoms with Crippen molar-refractivity contribution in [3.8, 4) is 22.8 Å². The monoisotopic (exact) mass is 669 g/mol. The number of hydrogen-bond acceptors (Lipinski definition) is 10. The minimum absolute atomic E-state index is 0.0379. The number of hydrogen-bond donors (Lipinski definition) is 2. The number of rotatable bonds is 8. The van der Waals surface area contributed by atoms with E-state index in [1.807, 2.05) is 6.07 Å². The molecule has 0 amide bonds. The third kappa shape index (κ3) is 6.13. The van der Waals surface area contributed by atoms with Gasteiger partial charge in [0.25, 0.3) is 10.0 Å². The van der Waals surface area contributed by atoms with Gasteiger partial charge in [0.15, 0.2) is 27.1 Å². The number of thioether (sulfide) groups is 1. The van der Waals surface area contributed by atoms with Crippen molar-refractivity contribution in [1.29, 1.82) is 0 Å². The quantitative estimate of drug-likeness (QED) is 0.259. The van der Waals surface area contributed by atoms with E-state index >= 15 is 0 Å². The summed E-state index contributed by atoms with van der Waals surface area (Å²) in [4.78, 5) is 6.48. The lowest BCUT2D eigenvalue weighted by molar-refractivity contribution is -0.0508. The minimum atomic E-state index is -3.91. The van der Waals surface area contributed by atoms with E-state index in [9.17, 15) is 21.9 Å². The lowest BCUT2D eigenvalue weighted by Crippen LogP contribution is -2.44. The van der Waals surface area contributed by atoms with Gasteiger partial charge in [-0.05, 0) is 48.0 Å². The molecule has 1 fully saturated rings. The molecule has 2 aliphatic heterocycles. The molecule has 1 atom stereocenters. The molecule has 1 unspecified atom stereocenters. The zero-order valence-electron chi connectivity index (χ0n) is 23.3. The lowest BCUT2D eigenvalue weighted by atomic mass is 10.0. The van der Waals surface area contributed by atoms with Crippen LogP contribution in [-0.4, -0.2) is 61.4 Å². The zero-order valence-corrected chi connectivity index (χ0v) is 26.6. The fourth-order valence-electron chi connectivity index (χ4n) is 4.87. The molecule has 0 saturated carbocycles. The van der Waals surface area contributed by atoms with Crippen LogP contribution in [0.15, 0.2) is 94.9 Å². The van der Waals surface area contributed by atoms with Crippen molar-refractivity contribution in [2.75, 3.05) is 29.9 Å². The van der Waals surface area contributed by atoms with Crippen LogP contribution < -0.4 is 14.2 Å². The first kappa shape index (κ1) is 30.3. The van der Waals surface area contributed by atoms with Gasteiger partial charge in [0, 0.05) is 41.9 Å². The Morgan fingerprint density at radius 1 is 0.955 bits per heavy atom. The average molecular weight is 670 g/mol. The molecule has 0 bridgehead atoms.